The highest BCUT2D eigenvalue weighted by Gasteiger charge is 2.09. The maximum Gasteiger partial charge on any atom is 0.335 e. The summed E-state index contributed by atoms with van der Waals surface area (Å²) in [6, 6.07) is 33.4. The summed E-state index contributed by atoms with van der Waals surface area (Å²) in [6.45, 7) is 0. The number of ketones is 2. The molecule has 0 aromatic heterocycles. The highest BCUT2D eigenvalue weighted by atomic mass is 16.4. The zero-order chi connectivity index (χ0) is 22.1. The van der Waals surface area contributed by atoms with Crippen LogP contribution in [0.15, 0.2) is 115 Å². The minimum atomic E-state index is -0.997. The van der Waals surface area contributed by atoms with E-state index in [1.165, 1.54) is 24.3 Å². The van der Waals surface area contributed by atoms with Crippen LogP contribution in [0.4, 0.5) is 0 Å². The topological polar surface area (TPSA) is 71.4 Å². The van der Waals surface area contributed by atoms with E-state index < -0.39 is 5.97 Å². The molecule has 4 heteroatoms. The SMILES string of the molecule is O=C(O)c1ccc(C(=O)c2ccccc2)cc1.O=C(c1ccccc1)c1ccccc1. The van der Waals surface area contributed by atoms with Crippen molar-refractivity contribution >= 4 is 17.5 Å². The van der Waals surface area contributed by atoms with Crippen LogP contribution >= 0.6 is 0 Å². The van der Waals surface area contributed by atoms with Crippen LogP contribution in [0.2, 0.25) is 0 Å². The number of hydrogen-bond acceptors (Lipinski definition) is 3. The van der Waals surface area contributed by atoms with E-state index in [0.717, 1.165) is 11.1 Å². The minimum absolute atomic E-state index is 0.0752. The Hall–Kier alpha value is -4.31. The Bertz CT molecular complexity index is 1110. The Morgan fingerprint density at radius 1 is 0.387 bits per heavy atom. The van der Waals surface area contributed by atoms with Gasteiger partial charge in [-0.25, -0.2) is 4.79 Å². The van der Waals surface area contributed by atoms with Gasteiger partial charge in [0.05, 0.1) is 5.56 Å². The number of carbonyl (C=O) groups excluding carboxylic acids is 2. The second-order valence-corrected chi connectivity index (χ2v) is 6.64. The van der Waals surface area contributed by atoms with Gasteiger partial charge in [0.2, 0.25) is 0 Å². The average Bonchev–Trinajstić information content (AvgIpc) is 2.85. The first-order valence-electron chi connectivity index (χ1n) is 9.64. The maximum atomic E-state index is 12.0. The molecule has 0 amide bonds. The predicted octanol–water partition coefficient (Wildman–Crippen LogP) is 5.53. The molecular formula is C27H20O4. The molecule has 0 atom stereocenters. The van der Waals surface area contributed by atoms with Crippen molar-refractivity contribution in [3.8, 4) is 0 Å². The number of carboxylic acids is 1. The summed E-state index contributed by atoms with van der Waals surface area (Å²) in [5, 5.41) is 8.75. The molecule has 0 saturated heterocycles. The van der Waals surface area contributed by atoms with E-state index in [0.29, 0.717) is 11.1 Å². The van der Waals surface area contributed by atoms with Crippen LogP contribution in [0.25, 0.3) is 0 Å². The number of aromatic carboxylic acids is 1. The highest BCUT2D eigenvalue weighted by Crippen LogP contribution is 2.11. The fourth-order valence-electron chi connectivity index (χ4n) is 2.87. The largest absolute Gasteiger partial charge is 0.478 e. The molecule has 0 heterocycles. The molecule has 4 nitrogen and oxygen atoms in total. The van der Waals surface area contributed by atoms with E-state index in [1.54, 1.807) is 24.3 Å². The Kier molecular flexibility index (Phi) is 7.22. The maximum absolute atomic E-state index is 12.0. The number of carbonyl (C=O) groups is 3. The lowest BCUT2D eigenvalue weighted by molar-refractivity contribution is 0.0696. The van der Waals surface area contributed by atoms with E-state index in [4.69, 9.17) is 5.11 Å². The Morgan fingerprint density at radius 3 is 0.935 bits per heavy atom. The van der Waals surface area contributed by atoms with Gasteiger partial charge in [-0.15, -0.1) is 0 Å². The van der Waals surface area contributed by atoms with Crippen LogP contribution in [0, 0.1) is 0 Å². The fraction of sp³-hybridized carbons (Fsp3) is 0. The lowest BCUT2D eigenvalue weighted by Gasteiger charge is -2.01. The van der Waals surface area contributed by atoms with E-state index in [2.05, 4.69) is 0 Å². The van der Waals surface area contributed by atoms with Crippen molar-refractivity contribution in [3.63, 3.8) is 0 Å². The highest BCUT2D eigenvalue weighted by molar-refractivity contribution is 6.09. The Labute approximate surface area is 180 Å². The number of hydrogen-bond donors (Lipinski definition) is 1. The predicted molar refractivity (Wildman–Crippen MR) is 120 cm³/mol. The molecule has 0 saturated carbocycles. The van der Waals surface area contributed by atoms with Gasteiger partial charge >= 0.3 is 5.97 Å². The van der Waals surface area contributed by atoms with Crippen LogP contribution < -0.4 is 0 Å². The second-order valence-electron chi connectivity index (χ2n) is 6.64. The van der Waals surface area contributed by atoms with E-state index in [-0.39, 0.29) is 17.1 Å². The van der Waals surface area contributed by atoms with Gasteiger partial charge in [0, 0.05) is 22.3 Å². The molecule has 0 spiro atoms. The fourth-order valence-corrected chi connectivity index (χ4v) is 2.87. The summed E-state index contributed by atoms with van der Waals surface area (Å²) in [7, 11) is 0. The van der Waals surface area contributed by atoms with Gasteiger partial charge in [0.15, 0.2) is 11.6 Å². The molecule has 31 heavy (non-hydrogen) atoms. The normalized spacial score (nSPS) is 9.81. The van der Waals surface area contributed by atoms with E-state index >= 15 is 0 Å². The van der Waals surface area contributed by atoms with Crippen molar-refractivity contribution in [2.45, 2.75) is 0 Å². The first-order chi connectivity index (χ1) is 15.1. The molecule has 152 valence electrons. The summed E-state index contributed by atoms with van der Waals surface area (Å²) in [5.41, 5.74) is 2.73. The molecule has 4 aromatic rings. The lowest BCUT2D eigenvalue weighted by Crippen LogP contribution is -2.02. The van der Waals surface area contributed by atoms with Crippen LogP contribution in [0.5, 0.6) is 0 Å². The number of rotatable bonds is 5. The van der Waals surface area contributed by atoms with Gasteiger partial charge in [-0.1, -0.05) is 103 Å². The molecule has 0 aliphatic rings. The van der Waals surface area contributed by atoms with E-state index in [9.17, 15) is 14.4 Å². The summed E-state index contributed by atoms with van der Waals surface area (Å²) in [4.78, 5) is 34.5. The molecule has 0 aliphatic heterocycles. The van der Waals surface area contributed by atoms with Crippen molar-refractivity contribution < 1.29 is 19.5 Å². The van der Waals surface area contributed by atoms with E-state index in [1.807, 2.05) is 66.7 Å². The van der Waals surface area contributed by atoms with Crippen LogP contribution in [-0.4, -0.2) is 22.6 Å². The third-order valence-electron chi connectivity index (χ3n) is 4.50. The minimum Gasteiger partial charge on any atom is -0.478 e. The van der Waals surface area contributed by atoms with Crippen molar-refractivity contribution in [1.82, 2.24) is 0 Å². The van der Waals surface area contributed by atoms with Crippen LogP contribution in [0.3, 0.4) is 0 Å². The lowest BCUT2D eigenvalue weighted by atomic mass is 10.0. The van der Waals surface area contributed by atoms with Crippen LogP contribution in [-0.2, 0) is 0 Å². The number of benzene rings is 4. The zero-order valence-electron chi connectivity index (χ0n) is 16.6. The van der Waals surface area contributed by atoms with Gasteiger partial charge in [-0.05, 0) is 12.1 Å². The summed E-state index contributed by atoms with van der Waals surface area (Å²) in [5.74, 6) is -1.03. The molecule has 1 N–H and O–H groups in total. The third-order valence-corrected chi connectivity index (χ3v) is 4.50. The average molecular weight is 408 g/mol. The monoisotopic (exact) mass is 408 g/mol. The zero-order valence-corrected chi connectivity index (χ0v) is 16.6. The Morgan fingerprint density at radius 2 is 0.645 bits per heavy atom. The summed E-state index contributed by atoms with van der Waals surface area (Å²) >= 11 is 0. The standard InChI is InChI=1S/C14H10O3.C13H10O/c15-13(10-4-2-1-3-5-10)11-6-8-12(9-7-11)14(16)17;14-13(11-7-3-1-4-8-11)12-9-5-2-6-10-12/h1-9H,(H,16,17);1-10H. The smallest absolute Gasteiger partial charge is 0.335 e. The number of carboxylic acid groups (broad SMARTS) is 1. The van der Waals surface area contributed by atoms with Crippen molar-refractivity contribution in [2.24, 2.45) is 0 Å². The van der Waals surface area contributed by atoms with Gasteiger partial charge in [0.1, 0.15) is 0 Å². The molecule has 0 radical (unpaired) electrons. The first-order valence-corrected chi connectivity index (χ1v) is 9.64. The first kappa shape index (κ1) is 21.4. The third kappa shape index (κ3) is 5.84. The van der Waals surface area contributed by atoms with Crippen molar-refractivity contribution in [2.75, 3.05) is 0 Å². The van der Waals surface area contributed by atoms with Crippen molar-refractivity contribution in [1.29, 1.82) is 0 Å². The van der Waals surface area contributed by atoms with Gasteiger partial charge in [-0.3, -0.25) is 9.59 Å². The Balaban J connectivity index is 0.000000179. The molecule has 0 fully saturated rings. The molecule has 0 unspecified atom stereocenters. The molecule has 4 aromatic carbocycles. The quantitative estimate of drug-likeness (QED) is 0.441. The molecule has 0 bridgehead atoms. The van der Waals surface area contributed by atoms with Gasteiger partial charge < -0.3 is 5.11 Å². The van der Waals surface area contributed by atoms with Crippen LogP contribution in [0.1, 0.15) is 42.2 Å². The van der Waals surface area contributed by atoms with Crippen molar-refractivity contribution in [3.05, 3.63) is 143 Å². The molecule has 4 rings (SSSR count). The molecule has 0 aliphatic carbocycles. The second kappa shape index (κ2) is 10.5. The molecular weight excluding hydrogens is 388 g/mol. The summed E-state index contributed by atoms with van der Waals surface area (Å²) in [6.07, 6.45) is 0. The van der Waals surface area contributed by atoms with Gasteiger partial charge in [0.25, 0.3) is 0 Å². The van der Waals surface area contributed by atoms with Gasteiger partial charge in [-0.2, -0.15) is 0 Å². The summed E-state index contributed by atoms with van der Waals surface area (Å²) < 4.78 is 0.